The second-order valence-electron chi connectivity index (χ2n) is 17.7. The number of benzene rings is 12. The summed E-state index contributed by atoms with van der Waals surface area (Å²) >= 11 is 0. The lowest BCUT2D eigenvalue weighted by atomic mass is 9.91. The maximum Gasteiger partial charge on any atom is 0.150 e. The topological polar surface area (TPSA) is 6.48 Å². The Kier molecular flexibility index (Phi) is 11.0. The molecular weight excluding hydrogens is 911 g/mol. The first-order valence-corrected chi connectivity index (χ1v) is 23.3. The summed E-state index contributed by atoms with van der Waals surface area (Å²) < 4.78 is 91.4. The molecule has 0 spiro atoms. The molecule has 0 aliphatic heterocycles. The molecule has 0 amide bonds. The van der Waals surface area contributed by atoms with Crippen molar-refractivity contribution < 1.29 is 26.3 Å². The van der Waals surface area contributed by atoms with Gasteiger partial charge < -0.3 is 9.80 Å². The summed E-state index contributed by atoms with van der Waals surface area (Å²) in [7, 11) is 0. The second-order valence-corrected chi connectivity index (χ2v) is 17.7. The molecule has 0 saturated carbocycles. The summed E-state index contributed by atoms with van der Waals surface area (Å²) in [6.07, 6.45) is 0. The fourth-order valence-electron chi connectivity index (χ4n) is 9.99. The van der Waals surface area contributed by atoms with Gasteiger partial charge in [0.2, 0.25) is 0 Å². The largest absolute Gasteiger partial charge is 0.307 e. The van der Waals surface area contributed by atoms with E-state index in [4.69, 9.17) is 0 Å². The van der Waals surface area contributed by atoms with Crippen molar-refractivity contribution >= 4 is 66.4 Å². The van der Waals surface area contributed by atoms with Gasteiger partial charge in [-0.2, -0.15) is 0 Å². The predicted octanol–water partition coefficient (Wildman–Crippen LogP) is 19.0. The highest BCUT2D eigenvalue weighted by Crippen LogP contribution is 2.50. The van der Waals surface area contributed by atoms with Crippen LogP contribution in [0, 0.1) is 34.9 Å². The number of anilines is 6. The summed E-state index contributed by atoms with van der Waals surface area (Å²) in [5.41, 5.74) is 8.86. The molecule has 0 aliphatic carbocycles. The van der Waals surface area contributed by atoms with Crippen LogP contribution in [0.2, 0.25) is 0 Å². The molecule has 72 heavy (non-hydrogen) atoms. The first-order chi connectivity index (χ1) is 35.1. The van der Waals surface area contributed by atoms with Gasteiger partial charge in [0, 0.05) is 34.3 Å². The number of halogens is 6. The minimum absolute atomic E-state index is 0.0932. The maximum absolute atomic E-state index is 16.6. The Balaban J connectivity index is 1.12. The first-order valence-electron chi connectivity index (χ1n) is 23.3. The van der Waals surface area contributed by atoms with E-state index in [9.17, 15) is 17.6 Å². The molecule has 12 aromatic carbocycles. The van der Waals surface area contributed by atoms with Crippen molar-refractivity contribution in [3.8, 4) is 44.5 Å². The molecule has 0 aliphatic rings. The molecule has 0 saturated heterocycles. The summed E-state index contributed by atoms with van der Waals surface area (Å²) in [6.45, 7) is 0. The normalized spacial score (nSPS) is 11.5. The Morgan fingerprint density at radius 2 is 0.556 bits per heavy atom. The fraction of sp³-hybridized carbons (Fsp3) is 0. The lowest BCUT2D eigenvalue weighted by Crippen LogP contribution is -2.14. The zero-order valence-corrected chi connectivity index (χ0v) is 38.1. The van der Waals surface area contributed by atoms with Crippen molar-refractivity contribution in [2.45, 2.75) is 0 Å². The minimum Gasteiger partial charge on any atom is -0.307 e. The van der Waals surface area contributed by atoms with Crippen molar-refractivity contribution in [3.05, 3.63) is 265 Å². The number of hydrogen-bond acceptors (Lipinski definition) is 2. The minimum atomic E-state index is -0.786. The average Bonchev–Trinajstić information content (AvgIpc) is 3.40. The van der Waals surface area contributed by atoms with Gasteiger partial charge in [0.1, 0.15) is 34.9 Å². The van der Waals surface area contributed by atoms with Crippen molar-refractivity contribution in [2.75, 3.05) is 9.80 Å². The highest BCUT2D eigenvalue weighted by molar-refractivity contribution is 6.28. The van der Waals surface area contributed by atoms with Crippen LogP contribution in [0.4, 0.5) is 60.5 Å². The summed E-state index contributed by atoms with van der Waals surface area (Å²) in [4.78, 5) is 3.57. The van der Waals surface area contributed by atoms with Crippen molar-refractivity contribution in [3.63, 3.8) is 0 Å². The molecule has 12 aromatic rings. The molecular formula is C64H38F6N2. The maximum atomic E-state index is 16.6. The number of rotatable bonds is 10. The molecule has 8 heteroatoms. The van der Waals surface area contributed by atoms with Gasteiger partial charge in [-0.25, -0.2) is 26.3 Å². The van der Waals surface area contributed by atoms with E-state index in [1.807, 2.05) is 146 Å². The van der Waals surface area contributed by atoms with Crippen molar-refractivity contribution in [2.24, 2.45) is 0 Å². The van der Waals surface area contributed by atoms with Gasteiger partial charge >= 0.3 is 0 Å². The molecule has 0 radical (unpaired) electrons. The zero-order chi connectivity index (χ0) is 49.0. The molecule has 0 fully saturated rings. The molecule has 0 heterocycles. The van der Waals surface area contributed by atoms with Crippen LogP contribution in [0.25, 0.3) is 76.8 Å². The molecule has 2 nitrogen and oxygen atoms in total. The van der Waals surface area contributed by atoms with Gasteiger partial charge in [0.15, 0.2) is 0 Å². The van der Waals surface area contributed by atoms with Gasteiger partial charge in [0.05, 0.1) is 22.7 Å². The van der Waals surface area contributed by atoms with Gasteiger partial charge in [0.25, 0.3) is 0 Å². The van der Waals surface area contributed by atoms with Crippen LogP contribution in [0.5, 0.6) is 0 Å². The van der Waals surface area contributed by atoms with Crippen LogP contribution in [0.3, 0.4) is 0 Å². The first kappa shape index (κ1) is 44.1. The average molecular weight is 949 g/mol. The summed E-state index contributed by atoms with van der Waals surface area (Å²) in [5.74, 6) is -3.80. The SMILES string of the molecule is Fc1ccc(-c2cc(-c3ccccc3)cc(N(c3ccc(F)cc3F)c3ccc4ccc5c(N(c6cc(-c7ccccc7)cc(-c7ccc(F)cc7)c6)c6ccc(F)cc6F)ccc6ccc3c4c65)c2)cc1. The lowest BCUT2D eigenvalue weighted by molar-refractivity contribution is 0.583. The van der Waals surface area contributed by atoms with E-state index in [1.54, 1.807) is 34.1 Å². The van der Waals surface area contributed by atoms with Crippen LogP contribution in [0.1, 0.15) is 0 Å². The van der Waals surface area contributed by atoms with Gasteiger partial charge in [-0.15, -0.1) is 0 Å². The Hall–Kier alpha value is -9.14. The summed E-state index contributed by atoms with van der Waals surface area (Å²) in [6, 6.07) is 66.4. The molecule has 0 N–H and O–H groups in total. The third kappa shape index (κ3) is 8.02. The second kappa shape index (κ2) is 18.0. The van der Waals surface area contributed by atoms with Crippen LogP contribution in [-0.4, -0.2) is 0 Å². The molecule has 0 aromatic heterocycles. The fourth-order valence-corrected chi connectivity index (χ4v) is 9.99. The zero-order valence-electron chi connectivity index (χ0n) is 38.1. The Morgan fingerprint density at radius 3 is 0.917 bits per heavy atom. The predicted molar refractivity (Wildman–Crippen MR) is 281 cm³/mol. The van der Waals surface area contributed by atoms with E-state index in [0.29, 0.717) is 22.7 Å². The Morgan fingerprint density at radius 1 is 0.236 bits per heavy atom. The Bertz CT molecular complexity index is 3730. The molecule has 346 valence electrons. The number of nitrogens with zero attached hydrogens (tertiary/aromatic N) is 2. The number of hydrogen-bond donors (Lipinski definition) is 0. The summed E-state index contributed by atoms with van der Waals surface area (Å²) in [5, 5.41) is 4.89. The molecule has 0 unspecified atom stereocenters. The molecule has 0 bridgehead atoms. The molecule has 0 atom stereocenters. The van der Waals surface area contributed by atoms with E-state index < -0.39 is 23.3 Å². The quantitative estimate of drug-likeness (QED) is 0.0996. The van der Waals surface area contributed by atoms with E-state index >= 15 is 8.78 Å². The smallest absolute Gasteiger partial charge is 0.150 e. The highest BCUT2D eigenvalue weighted by Gasteiger charge is 2.26. The van der Waals surface area contributed by atoms with Crippen LogP contribution in [0.15, 0.2) is 231 Å². The van der Waals surface area contributed by atoms with E-state index in [2.05, 4.69) is 0 Å². The van der Waals surface area contributed by atoms with Gasteiger partial charge in [-0.05, 0) is 163 Å². The van der Waals surface area contributed by atoms with Crippen LogP contribution >= 0.6 is 0 Å². The van der Waals surface area contributed by atoms with E-state index in [1.165, 1.54) is 48.5 Å². The standard InChI is InChI=1S/C64H38F6N2/c65-49-19-11-41(12-20-49)47-31-45(39-7-3-1-4-8-39)33-53(35-47)71(61-29-23-51(67)37-57(61)69)59-27-17-43-16-26-56-60(28-18-44-15-25-55(59)63(43)64(44)56)72(62-30-24-52(68)38-58(62)70)54-34-46(40-9-5-2-6-10-40)32-48(36-54)42-13-21-50(66)22-14-42/h1-38H. The van der Waals surface area contributed by atoms with Gasteiger partial charge in [-0.1, -0.05) is 121 Å². The highest BCUT2D eigenvalue weighted by atomic mass is 19.2. The lowest BCUT2D eigenvalue weighted by Gasteiger charge is -2.30. The third-order valence-corrected chi connectivity index (χ3v) is 13.3. The Labute approximate surface area is 410 Å². The van der Waals surface area contributed by atoms with E-state index in [-0.39, 0.29) is 23.0 Å². The third-order valence-electron chi connectivity index (χ3n) is 13.3. The monoisotopic (exact) mass is 948 g/mol. The van der Waals surface area contributed by atoms with E-state index in [0.717, 1.165) is 89.0 Å². The van der Waals surface area contributed by atoms with Gasteiger partial charge in [-0.3, -0.25) is 0 Å². The van der Waals surface area contributed by atoms with Crippen LogP contribution in [-0.2, 0) is 0 Å². The van der Waals surface area contributed by atoms with Crippen molar-refractivity contribution in [1.29, 1.82) is 0 Å². The van der Waals surface area contributed by atoms with Crippen molar-refractivity contribution in [1.82, 2.24) is 0 Å². The molecule has 12 rings (SSSR count). The van der Waals surface area contributed by atoms with Crippen LogP contribution < -0.4 is 9.80 Å².